The Bertz CT molecular complexity index is 436. The predicted octanol–water partition coefficient (Wildman–Crippen LogP) is 4.85. The quantitative estimate of drug-likeness (QED) is 0.862. The van der Waals surface area contributed by atoms with Gasteiger partial charge in [0.25, 0.3) is 0 Å². The molecule has 1 unspecified atom stereocenters. The fraction of sp³-hybridized carbons (Fsp3) is 0.600. The summed E-state index contributed by atoms with van der Waals surface area (Å²) in [5, 5.41) is 11.0. The first-order valence-corrected chi connectivity index (χ1v) is 7.78. The minimum Gasteiger partial charge on any atom is -0.506 e. The number of likely N-dealkylation sites (tertiary alicyclic amines) is 1. The van der Waals surface area contributed by atoms with Crippen LogP contribution in [0.25, 0.3) is 0 Å². The van der Waals surface area contributed by atoms with Gasteiger partial charge in [0.2, 0.25) is 0 Å². The molecule has 1 saturated heterocycles. The van der Waals surface area contributed by atoms with Crippen molar-refractivity contribution in [3.05, 3.63) is 27.7 Å². The number of phenolic OH excluding ortho intramolecular Hbond substituents is 1. The summed E-state index contributed by atoms with van der Waals surface area (Å²) in [7, 11) is 0. The molecule has 1 heterocycles. The molecule has 2 rings (SSSR count). The Morgan fingerprint density at radius 3 is 2.79 bits per heavy atom. The van der Waals surface area contributed by atoms with Crippen molar-refractivity contribution in [2.45, 2.75) is 51.6 Å². The number of benzene rings is 1. The van der Waals surface area contributed by atoms with Crippen molar-refractivity contribution in [1.82, 2.24) is 4.90 Å². The minimum absolute atomic E-state index is 0.171. The third-order valence-corrected chi connectivity index (χ3v) is 4.46. The molecular weight excluding hydrogens is 281 g/mol. The number of halogens is 2. The van der Waals surface area contributed by atoms with Gasteiger partial charge in [-0.15, -0.1) is 0 Å². The maximum absolute atomic E-state index is 10.1. The van der Waals surface area contributed by atoms with Crippen LogP contribution in [-0.2, 0) is 6.54 Å². The van der Waals surface area contributed by atoms with E-state index in [9.17, 15) is 5.11 Å². The van der Waals surface area contributed by atoms with Crippen molar-refractivity contribution in [3.8, 4) is 5.75 Å². The molecule has 1 aliphatic rings. The van der Waals surface area contributed by atoms with E-state index < -0.39 is 0 Å². The molecule has 0 amide bonds. The zero-order valence-electron chi connectivity index (χ0n) is 11.3. The van der Waals surface area contributed by atoms with Crippen LogP contribution in [0.4, 0.5) is 0 Å². The van der Waals surface area contributed by atoms with Crippen LogP contribution in [0.3, 0.4) is 0 Å². The molecule has 2 nitrogen and oxygen atoms in total. The molecule has 0 saturated carbocycles. The van der Waals surface area contributed by atoms with Gasteiger partial charge in [-0.1, -0.05) is 43.0 Å². The van der Waals surface area contributed by atoms with Crippen molar-refractivity contribution in [3.63, 3.8) is 0 Å². The summed E-state index contributed by atoms with van der Waals surface area (Å²) in [5.41, 5.74) is 0.831. The molecule has 1 atom stereocenters. The molecule has 0 aromatic heterocycles. The predicted molar refractivity (Wildman–Crippen MR) is 81.1 cm³/mol. The van der Waals surface area contributed by atoms with E-state index in [1.807, 2.05) is 6.07 Å². The van der Waals surface area contributed by atoms with Crippen LogP contribution >= 0.6 is 23.2 Å². The Morgan fingerprint density at radius 2 is 2.05 bits per heavy atom. The zero-order chi connectivity index (χ0) is 13.8. The smallest absolute Gasteiger partial charge is 0.138 e. The number of aromatic hydroxyl groups is 1. The summed E-state index contributed by atoms with van der Waals surface area (Å²) in [6.45, 7) is 4.04. The van der Waals surface area contributed by atoms with Gasteiger partial charge in [-0.3, -0.25) is 4.90 Å². The molecule has 4 heteroatoms. The molecule has 0 bridgehead atoms. The standard InChI is InChI=1S/C15H21Cl2NO/c1-2-13-6-4-3-5-7-18(13)10-11-8-12(16)9-14(17)15(11)19/h8-9,13,19H,2-7,10H2,1H3. The molecule has 106 valence electrons. The molecule has 0 radical (unpaired) electrons. The third kappa shape index (κ3) is 3.77. The number of nitrogens with zero attached hydrogens (tertiary/aromatic N) is 1. The Balaban J connectivity index is 2.18. The summed E-state index contributed by atoms with van der Waals surface area (Å²) >= 11 is 12.0. The largest absolute Gasteiger partial charge is 0.506 e. The van der Waals surface area contributed by atoms with Crippen LogP contribution < -0.4 is 0 Å². The first-order chi connectivity index (χ1) is 9.11. The fourth-order valence-electron chi connectivity index (χ4n) is 2.87. The average Bonchev–Trinajstić information content (AvgIpc) is 2.60. The first-order valence-electron chi connectivity index (χ1n) is 7.02. The topological polar surface area (TPSA) is 23.5 Å². The van der Waals surface area contributed by atoms with Crippen molar-refractivity contribution in [2.75, 3.05) is 6.54 Å². The van der Waals surface area contributed by atoms with E-state index in [4.69, 9.17) is 23.2 Å². The third-order valence-electron chi connectivity index (χ3n) is 3.95. The van der Waals surface area contributed by atoms with E-state index in [0.29, 0.717) is 16.1 Å². The molecule has 19 heavy (non-hydrogen) atoms. The van der Waals surface area contributed by atoms with Gasteiger partial charge in [-0.2, -0.15) is 0 Å². The Morgan fingerprint density at radius 1 is 1.26 bits per heavy atom. The fourth-order valence-corrected chi connectivity index (χ4v) is 3.40. The van der Waals surface area contributed by atoms with Crippen LogP contribution in [0.2, 0.25) is 10.0 Å². The van der Waals surface area contributed by atoms with E-state index in [0.717, 1.165) is 25.1 Å². The number of rotatable bonds is 3. The molecular formula is C15H21Cl2NO. The highest BCUT2D eigenvalue weighted by molar-refractivity contribution is 6.35. The highest BCUT2D eigenvalue weighted by atomic mass is 35.5. The normalized spacial score (nSPS) is 21.3. The van der Waals surface area contributed by atoms with E-state index in [-0.39, 0.29) is 5.75 Å². The lowest BCUT2D eigenvalue weighted by atomic mass is 10.1. The van der Waals surface area contributed by atoms with Crippen LogP contribution in [0.5, 0.6) is 5.75 Å². The van der Waals surface area contributed by atoms with Gasteiger partial charge in [0, 0.05) is 23.2 Å². The van der Waals surface area contributed by atoms with Gasteiger partial charge in [-0.05, 0) is 37.9 Å². The van der Waals surface area contributed by atoms with Crippen LogP contribution in [0.1, 0.15) is 44.6 Å². The summed E-state index contributed by atoms with van der Waals surface area (Å²) in [6.07, 6.45) is 6.22. The van der Waals surface area contributed by atoms with Crippen molar-refractivity contribution in [2.24, 2.45) is 0 Å². The number of hydrogen-bond acceptors (Lipinski definition) is 2. The maximum Gasteiger partial charge on any atom is 0.138 e. The van der Waals surface area contributed by atoms with Crippen LogP contribution in [0, 0.1) is 0 Å². The molecule has 0 spiro atoms. The lowest BCUT2D eigenvalue weighted by molar-refractivity contribution is 0.184. The first kappa shape index (κ1) is 15.0. The summed E-state index contributed by atoms with van der Waals surface area (Å²) in [4.78, 5) is 2.45. The van der Waals surface area contributed by atoms with Crippen LogP contribution in [0.15, 0.2) is 12.1 Å². The lowest BCUT2D eigenvalue weighted by Gasteiger charge is -2.29. The lowest BCUT2D eigenvalue weighted by Crippen LogP contribution is -2.33. The summed E-state index contributed by atoms with van der Waals surface area (Å²) in [5.74, 6) is 0.171. The number of hydrogen-bond donors (Lipinski definition) is 1. The molecule has 1 N–H and O–H groups in total. The van der Waals surface area contributed by atoms with E-state index in [1.165, 1.54) is 25.7 Å². The zero-order valence-corrected chi connectivity index (χ0v) is 12.8. The molecule has 0 aliphatic carbocycles. The van der Waals surface area contributed by atoms with Gasteiger partial charge in [0.05, 0.1) is 5.02 Å². The second-order valence-electron chi connectivity index (χ2n) is 5.28. The second-order valence-corrected chi connectivity index (χ2v) is 6.12. The van der Waals surface area contributed by atoms with E-state index >= 15 is 0 Å². The minimum atomic E-state index is 0.171. The highest BCUT2D eigenvalue weighted by Gasteiger charge is 2.21. The molecule has 1 fully saturated rings. The van der Waals surface area contributed by atoms with E-state index in [1.54, 1.807) is 6.07 Å². The summed E-state index contributed by atoms with van der Waals surface area (Å²) < 4.78 is 0. The maximum atomic E-state index is 10.1. The summed E-state index contributed by atoms with van der Waals surface area (Å²) in [6, 6.07) is 4.00. The average molecular weight is 302 g/mol. The Kier molecular flexibility index (Phi) is 5.37. The second kappa shape index (κ2) is 6.83. The SMILES string of the molecule is CCC1CCCCCN1Cc1cc(Cl)cc(Cl)c1O. The van der Waals surface area contributed by atoms with Gasteiger partial charge in [-0.25, -0.2) is 0 Å². The van der Waals surface area contributed by atoms with Crippen molar-refractivity contribution < 1.29 is 5.11 Å². The Hall–Kier alpha value is -0.440. The van der Waals surface area contributed by atoms with E-state index in [2.05, 4.69) is 11.8 Å². The van der Waals surface area contributed by atoms with Gasteiger partial charge in [0.15, 0.2) is 0 Å². The van der Waals surface area contributed by atoms with Crippen LogP contribution in [-0.4, -0.2) is 22.6 Å². The van der Waals surface area contributed by atoms with Gasteiger partial charge in [0.1, 0.15) is 5.75 Å². The molecule has 1 aromatic carbocycles. The van der Waals surface area contributed by atoms with Crippen molar-refractivity contribution in [1.29, 1.82) is 0 Å². The number of phenols is 1. The highest BCUT2D eigenvalue weighted by Crippen LogP contribution is 2.33. The molecule has 1 aliphatic heterocycles. The Labute approximate surface area is 125 Å². The van der Waals surface area contributed by atoms with Crippen molar-refractivity contribution >= 4 is 23.2 Å². The molecule has 1 aromatic rings. The van der Waals surface area contributed by atoms with Gasteiger partial charge >= 0.3 is 0 Å². The van der Waals surface area contributed by atoms with Gasteiger partial charge < -0.3 is 5.11 Å². The monoisotopic (exact) mass is 301 g/mol.